The predicted octanol–water partition coefficient (Wildman–Crippen LogP) is 4.74. The van der Waals surface area contributed by atoms with Crippen LogP contribution in [0.25, 0.3) is 0 Å². The molecule has 1 aromatic carbocycles. The minimum absolute atomic E-state index is 0.523. The van der Waals surface area contributed by atoms with Crippen LogP contribution < -0.4 is 0 Å². The number of alkyl halides is 1. The van der Waals surface area contributed by atoms with Gasteiger partial charge in [-0.15, -0.1) is 11.6 Å². The highest BCUT2D eigenvalue weighted by molar-refractivity contribution is 6.18. The minimum atomic E-state index is 0.523. The molecule has 1 saturated heterocycles. The summed E-state index contributed by atoms with van der Waals surface area (Å²) in [6, 6.07) is 8.65. The lowest BCUT2D eigenvalue weighted by atomic mass is 9.92. The third-order valence-electron chi connectivity index (χ3n) is 4.15. The molecule has 2 unspecified atom stereocenters. The van der Waals surface area contributed by atoms with Crippen LogP contribution in [-0.2, 0) is 11.2 Å². The van der Waals surface area contributed by atoms with Crippen molar-refractivity contribution in [3.8, 4) is 0 Å². The summed E-state index contributed by atoms with van der Waals surface area (Å²) in [6.07, 6.45) is 7.81. The first kappa shape index (κ1) is 14.9. The maximum atomic E-state index is 6.13. The molecule has 1 aliphatic heterocycles. The van der Waals surface area contributed by atoms with Gasteiger partial charge in [0.2, 0.25) is 0 Å². The maximum Gasteiger partial charge on any atom is 0.0576 e. The molecule has 0 amide bonds. The second kappa shape index (κ2) is 7.91. The van der Waals surface area contributed by atoms with Gasteiger partial charge in [0, 0.05) is 12.5 Å². The first-order valence-electron chi connectivity index (χ1n) is 7.51. The predicted molar refractivity (Wildman–Crippen MR) is 81.9 cm³/mol. The van der Waals surface area contributed by atoms with Gasteiger partial charge in [0.25, 0.3) is 0 Å². The molecule has 2 atom stereocenters. The van der Waals surface area contributed by atoms with E-state index < -0.39 is 0 Å². The van der Waals surface area contributed by atoms with Crippen molar-refractivity contribution in [1.29, 1.82) is 0 Å². The average Bonchev–Trinajstić information content (AvgIpc) is 2.93. The summed E-state index contributed by atoms with van der Waals surface area (Å²) in [6.45, 7) is 3.15. The quantitative estimate of drug-likeness (QED) is 0.656. The molecule has 0 N–H and O–H groups in total. The molecule has 0 bridgehead atoms. The van der Waals surface area contributed by atoms with Gasteiger partial charge in [-0.25, -0.2) is 0 Å². The van der Waals surface area contributed by atoms with Crippen molar-refractivity contribution in [3.05, 3.63) is 35.4 Å². The zero-order valence-corrected chi connectivity index (χ0v) is 12.7. The largest absolute Gasteiger partial charge is 0.378 e. The van der Waals surface area contributed by atoms with Crippen LogP contribution in [0.5, 0.6) is 0 Å². The highest BCUT2D eigenvalue weighted by Gasteiger charge is 2.16. The summed E-state index contributed by atoms with van der Waals surface area (Å²) in [5.41, 5.74) is 2.84. The molecular weight excluding hydrogens is 256 g/mol. The second-order valence-electron chi connectivity index (χ2n) is 5.72. The summed E-state index contributed by atoms with van der Waals surface area (Å²) in [4.78, 5) is 0. The summed E-state index contributed by atoms with van der Waals surface area (Å²) in [5.74, 6) is 1.36. The molecule has 1 aromatic rings. The normalized spacial score (nSPS) is 20.6. The Balaban J connectivity index is 1.75. The second-order valence-corrected chi connectivity index (χ2v) is 6.03. The molecule has 2 rings (SSSR count). The van der Waals surface area contributed by atoms with E-state index in [1.807, 2.05) is 0 Å². The lowest BCUT2D eigenvalue weighted by Crippen LogP contribution is -2.10. The van der Waals surface area contributed by atoms with E-state index in [4.69, 9.17) is 16.3 Å². The van der Waals surface area contributed by atoms with Gasteiger partial charge in [-0.05, 0) is 56.1 Å². The van der Waals surface area contributed by atoms with Gasteiger partial charge in [-0.2, -0.15) is 0 Å². The number of hydrogen-bond donors (Lipinski definition) is 0. The summed E-state index contributed by atoms with van der Waals surface area (Å²) < 4.78 is 5.67. The van der Waals surface area contributed by atoms with Crippen molar-refractivity contribution < 1.29 is 4.74 Å². The minimum Gasteiger partial charge on any atom is -0.378 e. The number of halogens is 1. The number of rotatable bonds is 7. The Hall–Kier alpha value is -0.530. The first-order chi connectivity index (χ1) is 9.29. The Morgan fingerprint density at radius 2 is 2.21 bits per heavy atom. The van der Waals surface area contributed by atoms with E-state index in [-0.39, 0.29) is 0 Å². The van der Waals surface area contributed by atoms with Gasteiger partial charge in [-0.3, -0.25) is 0 Å². The maximum absolute atomic E-state index is 6.13. The molecule has 0 aliphatic carbocycles. The number of aryl methyl sites for hydroxylation is 1. The lowest BCUT2D eigenvalue weighted by molar-refractivity contribution is 0.101. The Labute approximate surface area is 122 Å². The van der Waals surface area contributed by atoms with Crippen molar-refractivity contribution in [2.45, 2.75) is 51.6 Å². The summed E-state index contributed by atoms with van der Waals surface area (Å²) in [7, 11) is 0. The van der Waals surface area contributed by atoms with Crippen molar-refractivity contribution in [3.63, 3.8) is 0 Å². The molecule has 1 nitrogen and oxygen atoms in total. The highest BCUT2D eigenvalue weighted by Crippen LogP contribution is 2.22. The molecule has 0 spiro atoms. The number of benzene rings is 1. The van der Waals surface area contributed by atoms with Crippen LogP contribution in [0.4, 0.5) is 0 Å². The first-order valence-corrected chi connectivity index (χ1v) is 8.05. The Kier molecular flexibility index (Phi) is 6.19. The third-order valence-corrected chi connectivity index (χ3v) is 4.59. The summed E-state index contributed by atoms with van der Waals surface area (Å²) in [5, 5.41) is 0. The fraction of sp³-hybridized carbons (Fsp3) is 0.647. The van der Waals surface area contributed by atoms with E-state index in [1.165, 1.54) is 43.2 Å². The van der Waals surface area contributed by atoms with Gasteiger partial charge < -0.3 is 4.74 Å². The SMILES string of the molecule is Cc1ccccc1CC(CCl)CCCC1CCCO1. The van der Waals surface area contributed by atoms with Crippen molar-refractivity contribution in [2.75, 3.05) is 12.5 Å². The third kappa shape index (κ3) is 4.81. The standard InChI is InChI=1S/C17H25ClO/c1-14-6-2-3-8-16(14)12-15(13-18)7-4-9-17-10-5-11-19-17/h2-3,6,8,15,17H,4-5,7,9-13H2,1H3. The van der Waals surface area contributed by atoms with E-state index in [2.05, 4.69) is 31.2 Å². The Morgan fingerprint density at radius 1 is 1.37 bits per heavy atom. The molecule has 0 saturated carbocycles. The van der Waals surface area contributed by atoms with Gasteiger partial charge in [-0.1, -0.05) is 30.7 Å². The molecular formula is C17H25ClO. The lowest BCUT2D eigenvalue weighted by Gasteiger charge is -2.16. The fourth-order valence-corrected chi connectivity index (χ4v) is 3.15. The molecule has 1 fully saturated rings. The van der Waals surface area contributed by atoms with Crippen LogP contribution in [0.1, 0.15) is 43.2 Å². The van der Waals surface area contributed by atoms with Crippen LogP contribution in [0, 0.1) is 12.8 Å². The molecule has 1 heterocycles. The number of hydrogen-bond acceptors (Lipinski definition) is 1. The molecule has 106 valence electrons. The van der Waals surface area contributed by atoms with Crippen LogP contribution >= 0.6 is 11.6 Å². The van der Waals surface area contributed by atoms with Crippen LogP contribution in [0.3, 0.4) is 0 Å². The van der Waals surface area contributed by atoms with Gasteiger partial charge in [0.15, 0.2) is 0 Å². The zero-order chi connectivity index (χ0) is 13.5. The van der Waals surface area contributed by atoms with Gasteiger partial charge in [0.1, 0.15) is 0 Å². The number of ether oxygens (including phenoxy) is 1. The Morgan fingerprint density at radius 3 is 2.89 bits per heavy atom. The topological polar surface area (TPSA) is 9.23 Å². The highest BCUT2D eigenvalue weighted by atomic mass is 35.5. The molecule has 0 radical (unpaired) electrons. The van der Waals surface area contributed by atoms with Crippen LogP contribution in [-0.4, -0.2) is 18.6 Å². The Bertz CT molecular complexity index is 371. The average molecular weight is 281 g/mol. The van der Waals surface area contributed by atoms with Crippen molar-refractivity contribution >= 4 is 11.6 Å². The zero-order valence-electron chi connectivity index (χ0n) is 11.9. The molecule has 1 aliphatic rings. The van der Waals surface area contributed by atoms with E-state index in [1.54, 1.807) is 0 Å². The monoisotopic (exact) mass is 280 g/mol. The molecule has 0 aromatic heterocycles. The van der Waals surface area contributed by atoms with Gasteiger partial charge >= 0.3 is 0 Å². The fourth-order valence-electron chi connectivity index (χ4n) is 2.89. The smallest absolute Gasteiger partial charge is 0.0576 e. The van der Waals surface area contributed by atoms with Gasteiger partial charge in [0.05, 0.1) is 6.10 Å². The van der Waals surface area contributed by atoms with Crippen LogP contribution in [0.15, 0.2) is 24.3 Å². The molecule has 19 heavy (non-hydrogen) atoms. The van der Waals surface area contributed by atoms with E-state index in [0.717, 1.165) is 18.9 Å². The van der Waals surface area contributed by atoms with Crippen molar-refractivity contribution in [2.24, 2.45) is 5.92 Å². The summed E-state index contributed by atoms with van der Waals surface area (Å²) >= 11 is 6.13. The van der Waals surface area contributed by atoms with Crippen molar-refractivity contribution in [1.82, 2.24) is 0 Å². The van der Waals surface area contributed by atoms with E-state index in [0.29, 0.717) is 12.0 Å². The molecule has 2 heteroatoms. The van der Waals surface area contributed by atoms with E-state index >= 15 is 0 Å². The van der Waals surface area contributed by atoms with E-state index in [9.17, 15) is 0 Å². The van der Waals surface area contributed by atoms with Crippen LogP contribution in [0.2, 0.25) is 0 Å².